The van der Waals surface area contributed by atoms with Gasteiger partial charge in [-0.05, 0) is 25.1 Å². The molecule has 0 spiro atoms. The Bertz CT molecular complexity index is 1140. The molecule has 1 saturated heterocycles. The van der Waals surface area contributed by atoms with Crippen LogP contribution in [-0.4, -0.2) is 60.8 Å². The minimum Gasteiger partial charge on any atom is -0.381 e. The Morgan fingerprint density at radius 2 is 1.62 bits per heavy atom. The fourth-order valence-electron chi connectivity index (χ4n) is 3.63. The molecule has 3 N–H and O–H groups in total. The van der Waals surface area contributed by atoms with Crippen molar-refractivity contribution in [2.24, 2.45) is 0 Å². The van der Waals surface area contributed by atoms with Crippen LogP contribution in [-0.2, 0) is 15.6 Å². The summed E-state index contributed by atoms with van der Waals surface area (Å²) in [5, 5.41) is 9.50. The SMILES string of the molecule is CC1CN(S(=O)(=O)c2cnc(N)c(F)c2)CCN1c1ccc(C(O)(C(F)(F)F)C(F)(F)F)cc1. The Kier molecular flexibility index (Phi) is 6.52. The number of rotatable bonds is 4. The predicted molar refractivity (Wildman–Crippen MR) is 107 cm³/mol. The summed E-state index contributed by atoms with van der Waals surface area (Å²) >= 11 is 0. The first-order valence-corrected chi connectivity index (χ1v) is 11.1. The number of hydrogen-bond acceptors (Lipinski definition) is 6. The van der Waals surface area contributed by atoms with E-state index in [0.29, 0.717) is 12.1 Å². The number of hydrogen-bond donors (Lipinski definition) is 2. The van der Waals surface area contributed by atoms with E-state index in [9.17, 15) is 44.3 Å². The van der Waals surface area contributed by atoms with Crippen molar-refractivity contribution in [2.75, 3.05) is 30.3 Å². The lowest BCUT2D eigenvalue weighted by Gasteiger charge is -2.41. The van der Waals surface area contributed by atoms with Crippen LogP contribution >= 0.6 is 0 Å². The van der Waals surface area contributed by atoms with E-state index in [1.54, 1.807) is 11.8 Å². The number of aromatic nitrogens is 1. The fourth-order valence-corrected chi connectivity index (χ4v) is 5.10. The fraction of sp³-hybridized carbons (Fsp3) is 0.421. The third-order valence-electron chi connectivity index (χ3n) is 5.51. The molecule has 0 amide bonds. The molecule has 0 bridgehead atoms. The van der Waals surface area contributed by atoms with Gasteiger partial charge in [0.15, 0.2) is 11.6 Å². The first-order chi connectivity index (χ1) is 15.5. The van der Waals surface area contributed by atoms with E-state index < -0.39 is 56.1 Å². The van der Waals surface area contributed by atoms with Crippen LogP contribution in [0.3, 0.4) is 0 Å². The average Bonchev–Trinajstić information content (AvgIpc) is 2.73. The summed E-state index contributed by atoms with van der Waals surface area (Å²) in [6.07, 6.45) is -11.1. The number of anilines is 2. The largest absolute Gasteiger partial charge is 0.430 e. The lowest BCUT2D eigenvalue weighted by atomic mass is 9.92. The van der Waals surface area contributed by atoms with Crippen LogP contribution in [0, 0.1) is 5.82 Å². The minimum atomic E-state index is -6.00. The molecule has 2 heterocycles. The number of halogens is 7. The highest BCUT2D eigenvalue weighted by molar-refractivity contribution is 7.89. The molecule has 1 aliphatic rings. The highest BCUT2D eigenvalue weighted by Crippen LogP contribution is 2.50. The van der Waals surface area contributed by atoms with Gasteiger partial charge in [-0.3, -0.25) is 0 Å². The summed E-state index contributed by atoms with van der Waals surface area (Å²) in [5.74, 6) is -1.48. The van der Waals surface area contributed by atoms with Gasteiger partial charge >= 0.3 is 12.4 Å². The molecule has 1 fully saturated rings. The maximum Gasteiger partial charge on any atom is 0.430 e. The Morgan fingerprint density at radius 1 is 1.06 bits per heavy atom. The Morgan fingerprint density at radius 3 is 2.09 bits per heavy atom. The molecule has 1 aromatic carbocycles. The summed E-state index contributed by atoms with van der Waals surface area (Å²) in [6, 6.07) is 3.19. The van der Waals surface area contributed by atoms with Crippen molar-refractivity contribution in [3.05, 3.63) is 47.9 Å². The molecular formula is C19H19F7N4O3S. The molecule has 0 saturated carbocycles. The summed E-state index contributed by atoms with van der Waals surface area (Å²) in [5.41, 5.74) is -0.962. The Balaban J connectivity index is 1.82. The van der Waals surface area contributed by atoms with Gasteiger partial charge in [0.25, 0.3) is 5.60 Å². The second-order valence-electron chi connectivity index (χ2n) is 7.70. The molecule has 3 rings (SSSR count). The number of sulfonamides is 1. The number of aliphatic hydroxyl groups is 1. The van der Waals surface area contributed by atoms with Gasteiger partial charge in [-0.25, -0.2) is 17.8 Å². The van der Waals surface area contributed by atoms with Gasteiger partial charge in [-0.2, -0.15) is 30.6 Å². The van der Waals surface area contributed by atoms with Crippen LogP contribution in [0.2, 0.25) is 0 Å². The molecule has 34 heavy (non-hydrogen) atoms. The average molecular weight is 516 g/mol. The lowest BCUT2D eigenvalue weighted by Crippen LogP contribution is -2.54. The van der Waals surface area contributed by atoms with Crippen molar-refractivity contribution in [3.8, 4) is 0 Å². The Hall–Kier alpha value is -2.65. The molecular weight excluding hydrogens is 497 g/mol. The van der Waals surface area contributed by atoms with Crippen LogP contribution in [0.4, 0.5) is 42.2 Å². The van der Waals surface area contributed by atoms with E-state index in [4.69, 9.17) is 5.73 Å². The van der Waals surface area contributed by atoms with E-state index in [-0.39, 0.29) is 25.3 Å². The maximum atomic E-state index is 13.7. The molecule has 188 valence electrons. The first-order valence-electron chi connectivity index (χ1n) is 9.64. The molecule has 0 aliphatic carbocycles. The van der Waals surface area contributed by atoms with Gasteiger partial charge in [0, 0.05) is 43.1 Å². The summed E-state index contributed by atoms with van der Waals surface area (Å²) < 4.78 is 119. The lowest BCUT2D eigenvalue weighted by molar-refractivity contribution is -0.376. The van der Waals surface area contributed by atoms with Crippen molar-refractivity contribution >= 4 is 21.5 Å². The third-order valence-corrected chi connectivity index (χ3v) is 7.34. The summed E-state index contributed by atoms with van der Waals surface area (Å²) in [7, 11) is -4.13. The van der Waals surface area contributed by atoms with Crippen LogP contribution < -0.4 is 10.6 Å². The van der Waals surface area contributed by atoms with E-state index in [1.807, 2.05) is 0 Å². The quantitative estimate of drug-likeness (QED) is 0.607. The molecule has 0 radical (unpaired) electrons. The van der Waals surface area contributed by atoms with Crippen LogP contribution in [0.1, 0.15) is 12.5 Å². The number of alkyl halides is 6. The van der Waals surface area contributed by atoms with Crippen LogP contribution in [0.25, 0.3) is 0 Å². The maximum absolute atomic E-state index is 13.7. The zero-order chi connectivity index (χ0) is 25.7. The second-order valence-corrected chi connectivity index (χ2v) is 9.63. The number of nitrogens with two attached hydrogens (primary N) is 1. The second kappa shape index (κ2) is 8.53. The number of nitrogen functional groups attached to an aromatic ring is 1. The van der Waals surface area contributed by atoms with Crippen molar-refractivity contribution < 1.29 is 44.3 Å². The minimum absolute atomic E-state index is 0.0352. The van der Waals surface area contributed by atoms with Crippen LogP contribution in [0.5, 0.6) is 0 Å². The molecule has 2 aromatic rings. The molecule has 1 atom stereocenters. The van der Waals surface area contributed by atoms with Crippen molar-refractivity contribution in [1.29, 1.82) is 0 Å². The number of benzene rings is 1. The number of piperazine rings is 1. The third kappa shape index (κ3) is 4.38. The zero-order valence-electron chi connectivity index (χ0n) is 17.4. The summed E-state index contributed by atoms with van der Waals surface area (Å²) in [4.78, 5) is 4.66. The van der Waals surface area contributed by atoms with Crippen molar-refractivity contribution in [3.63, 3.8) is 0 Å². The van der Waals surface area contributed by atoms with Crippen molar-refractivity contribution in [2.45, 2.75) is 35.8 Å². The normalized spacial score (nSPS) is 18.9. The van der Waals surface area contributed by atoms with Gasteiger partial charge in [-0.15, -0.1) is 0 Å². The van der Waals surface area contributed by atoms with Gasteiger partial charge in [0.1, 0.15) is 4.90 Å². The van der Waals surface area contributed by atoms with Gasteiger partial charge in [-0.1, -0.05) is 12.1 Å². The van der Waals surface area contributed by atoms with E-state index in [2.05, 4.69) is 4.98 Å². The smallest absolute Gasteiger partial charge is 0.381 e. The topological polar surface area (TPSA) is 99.8 Å². The Labute approximate surface area is 189 Å². The standard InChI is InChI=1S/C19H19F7N4O3S/c1-11-10-29(34(32,33)14-8-15(20)16(27)28-9-14)6-7-30(11)13-4-2-12(3-5-13)17(31,18(21,22)23)19(24,25)26/h2-5,8-9,11,31H,6-7,10H2,1H3,(H2,27,28). The van der Waals surface area contributed by atoms with Gasteiger partial charge in [0.05, 0.1) is 0 Å². The molecule has 1 unspecified atom stereocenters. The van der Waals surface area contributed by atoms with Crippen molar-refractivity contribution in [1.82, 2.24) is 9.29 Å². The monoisotopic (exact) mass is 516 g/mol. The molecule has 1 aliphatic heterocycles. The number of pyridine rings is 1. The summed E-state index contributed by atoms with van der Waals surface area (Å²) in [6.45, 7) is 1.42. The van der Waals surface area contributed by atoms with E-state index in [1.165, 1.54) is 0 Å². The van der Waals surface area contributed by atoms with Crippen LogP contribution in [0.15, 0.2) is 41.4 Å². The molecule has 1 aromatic heterocycles. The predicted octanol–water partition coefficient (Wildman–Crippen LogP) is 3.01. The molecule has 15 heteroatoms. The zero-order valence-corrected chi connectivity index (χ0v) is 18.2. The van der Waals surface area contributed by atoms with Gasteiger partial charge < -0.3 is 15.7 Å². The van der Waals surface area contributed by atoms with E-state index >= 15 is 0 Å². The first kappa shape index (κ1) is 26.0. The van der Waals surface area contributed by atoms with E-state index in [0.717, 1.165) is 28.7 Å². The number of nitrogens with zero attached hydrogens (tertiary/aromatic N) is 3. The highest BCUT2D eigenvalue weighted by atomic mass is 32.2. The van der Waals surface area contributed by atoms with Gasteiger partial charge in [0.2, 0.25) is 10.0 Å². The molecule has 7 nitrogen and oxygen atoms in total. The highest BCUT2D eigenvalue weighted by Gasteiger charge is 2.71.